The van der Waals surface area contributed by atoms with Crippen molar-refractivity contribution in [3.8, 4) is 17.2 Å². The van der Waals surface area contributed by atoms with Crippen LogP contribution in [0.25, 0.3) is 0 Å². The zero-order chi connectivity index (χ0) is 22.2. The summed E-state index contributed by atoms with van der Waals surface area (Å²) in [5, 5.41) is 0. The van der Waals surface area contributed by atoms with E-state index in [-0.39, 0.29) is 11.8 Å². The summed E-state index contributed by atoms with van der Waals surface area (Å²) in [5.41, 5.74) is 2.44. The molecule has 168 valence electrons. The maximum absolute atomic E-state index is 12.4. The van der Waals surface area contributed by atoms with Crippen molar-refractivity contribution < 1.29 is 19.0 Å². The van der Waals surface area contributed by atoms with Crippen molar-refractivity contribution >= 4 is 5.91 Å². The summed E-state index contributed by atoms with van der Waals surface area (Å²) < 4.78 is 15.9. The average Bonchev–Trinajstić information content (AvgIpc) is 3.17. The Morgan fingerprint density at radius 3 is 2.39 bits per heavy atom. The molecule has 0 radical (unpaired) electrons. The van der Waals surface area contributed by atoms with Gasteiger partial charge in [-0.1, -0.05) is 18.2 Å². The molecule has 31 heavy (non-hydrogen) atoms. The molecule has 3 rings (SSSR count). The Balaban J connectivity index is 1.41. The summed E-state index contributed by atoms with van der Waals surface area (Å²) in [6.07, 6.45) is 2.52. The van der Waals surface area contributed by atoms with E-state index in [4.69, 9.17) is 14.2 Å². The first-order valence-corrected chi connectivity index (χ1v) is 10.8. The van der Waals surface area contributed by atoms with E-state index in [9.17, 15) is 4.79 Å². The van der Waals surface area contributed by atoms with E-state index in [1.807, 2.05) is 29.2 Å². The monoisotopic (exact) mass is 426 g/mol. The maximum Gasteiger partial charge on any atom is 0.223 e. The Morgan fingerprint density at radius 1 is 0.968 bits per heavy atom. The molecular weight excluding hydrogens is 392 g/mol. The van der Waals surface area contributed by atoms with Gasteiger partial charge in [0.2, 0.25) is 5.91 Å². The minimum atomic E-state index is 0.258. The molecule has 1 atom stereocenters. The second-order valence-electron chi connectivity index (χ2n) is 8.11. The van der Waals surface area contributed by atoms with E-state index in [1.54, 1.807) is 21.3 Å². The van der Waals surface area contributed by atoms with Gasteiger partial charge in [0.1, 0.15) is 5.75 Å². The zero-order valence-corrected chi connectivity index (χ0v) is 19.1. The largest absolute Gasteiger partial charge is 0.497 e. The summed E-state index contributed by atoms with van der Waals surface area (Å²) in [6.45, 7) is 3.54. The first-order chi connectivity index (χ1) is 15.0. The van der Waals surface area contributed by atoms with Crippen LogP contribution in [0.15, 0.2) is 42.5 Å². The van der Waals surface area contributed by atoms with Gasteiger partial charge in [-0.3, -0.25) is 4.79 Å². The highest BCUT2D eigenvalue weighted by molar-refractivity contribution is 5.79. The first kappa shape index (κ1) is 22.9. The number of benzene rings is 2. The predicted octanol–water partition coefficient (Wildman–Crippen LogP) is 3.59. The number of rotatable bonds is 11. The van der Waals surface area contributed by atoms with Gasteiger partial charge < -0.3 is 24.0 Å². The smallest absolute Gasteiger partial charge is 0.223 e. The fourth-order valence-corrected chi connectivity index (χ4v) is 4.09. The molecule has 1 saturated heterocycles. The van der Waals surface area contributed by atoms with Gasteiger partial charge in [0.15, 0.2) is 11.5 Å². The molecule has 2 aromatic carbocycles. The number of carbonyl (C=O) groups is 1. The van der Waals surface area contributed by atoms with Crippen LogP contribution < -0.4 is 14.2 Å². The molecule has 1 amide bonds. The van der Waals surface area contributed by atoms with Gasteiger partial charge in [-0.05, 0) is 61.8 Å². The molecule has 2 aromatic rings. The van der Waals surface area contributed by atoms with Crippen molar-refractivity contribution in [3.63, 3.8) is 0 Å². The molecule has 1 unspecified atom stereocenters. The third kappa shape index (κ3) is 6.14. The molecule has 0 bridgehead atoms. The number of amides is 1. The predicted molar refractivity (Wildman–Crippen MR) is 122 cm³/mol. The number of hydrogen-bond acceptors (Lipinski definition) is 5. The Hall–Kier alpha value is -2.73. The highest BCUT2D eigenvalue weighted by Crippen LogP contribution is 2.30. The fourth-order valence-electron chi connectivity index (χ4n) is 4.09. The van der Waals surface area contributed by atoms with Gasteiger partial charge in [-0.15, -0.1) is 0 Å². The number of carbonyl (C=O) groups excluding carboxylic acids is 1. The van der Waals surface area contributed by atoms with E-state index in [1.165, 1.54) is 11.1 Å². The van der Waals surface area contributed by atoms with Crippen LogP contribution in [0.4, 0.5) is 0 Å². The van der Waals surface area contributed by atoms with Crippen LogP contribution in [-0.2, 0) is 11.2 Å². The minimum Gasteiger partial charge on any atom is -0.497 e. The standard InChI is InChI=1S/C25H34N2O4/c1-26(15-12-19-6-11-23(30-3)24(16-19)31-4)13-5-14-27-18-21(17-25(27)28)20-7-9-22(29-2)10-8-20/h6-11,16,21H,5,12-15,17-18H2,1-4H3. The summed E-state index contributed by atoms with van der Waals surface area (Å²) in [5.74, 6) is 2.90. The Labute approximate surface area is 185 Å². The molecule has 0 N–H and O–H groups in total. The van der Waals surface area contributed by atoms with Gasteiger partial charge in [0, 0.05) is 32.0 Å². The minimum absolute atomic E-state index is 0.258. The maximum atomic E-state index is 12.4. The summed E-state index contributed by atoms with van der Waals surface area (Å²) >= 11 is 0. The van der Waals surface area contributed by atoms with Gasteiger partial charge in [-0.2, -0.15) is 0 Å². The third-order valence-electron chi connectivity index (χ3n) is 6.00. The number of methoxy groups -OCH3 is 3. The number of likely N-dealkylation sites (tertiary alicyclic amines) is 1. The number of hydrogen-bond donors (Lipinski definition) is 0. The molecule has 1 heterocycles. The van der Waals surface area contributed by atoms with Crippen LogP contribution in [0.2, 0.25) is 0 Å². The molecule has 0 aliphatic carbocycles. The Morgan fingerprint density at radius 2 is 1.71 bits per heavy atom. The third-order valence-corrected chi connectivity index (χ3v) is 6.00. The van der Waals surface area contributed by atoms with Crippen LogP contribution in [-0.4, -0.2) is 70.3 Å². The molecule has 1 aliphatic heterocycles. The van der Waals surface area contributed by atoms with Crippen molar-refractivity contribution in [3.05, 3.63) is 53.6 Å². The highest BCUT2D eigenvalue weighted by atomic mass is 16.5. The van der Waals surface area contributed by atoms with Gasteiger partial charge >= 0.3 is 0 Å². The lowest BCUT2D eigenvalue weighted by atomic mass is 9.98. The first-order valence-electron chi connectivity index (χ1n) is 10.8. The van der Waals surface area contributed by atoms with Gasteiger partial charge in [-0.25, -0.2) is 0 Å². The van der Waals surface area contributed by atoms with Crippen molar-refractivity contribution in [2.24, 2.45) is 0 Å². The van der Waals surface area contributed by atoms with Crippen LogP contribution in [0.1, 0.15) is 29.9 Å². The lowest BCUT2D eigenvalue weighted by Gasteiger charge is -2.21. The molecule has 0 spiro atoms. The van der Waals surface area contributed by atoms with E-state index in [2.05, 4.69) is 30.1 Å². The van der Waals surface area contributed by atoms with Gasteiger partial charge in [0.25, 0.3) is 0 Å². The summed E-state index contributed by atoms with van der Waals surface area (Å²) in [4.78, 5) is 16.8. The number of likely N-dealkylation sites (N-methyl/N-ethyl adjacent to an activating group) is 1. The second kappa shape index (κ2) is 11.0. The van der Waals surface area contributed by atoms with Crippen LogP contribution in [0.3, 0.4) is 0 Å². The summed E-state index contributed by atoms with van der Waals surface area (Å²) in [7, 11) is 7.11. The van der Waals surface area contributed by atoms with Gasteiger partial charge in [0.05, 0.1) is 21.3 Å². The van der Waals surface area contributed by atoms with E-state index < -0.39 is 0 Å². The van der Waals surface area contributed by atoms with Crippen molar-refractivity contribution in [1.82, 2.24) is 9.80 Å². The Bertz CT molecular complexity index is 853. The van der Waals surface area contributed by atoms with Crippen LogP contribution >= 0.6 is 0 Å². The normalized spacial score (nSPS) is 16.1. The lowest BCUT2D eigenvalue weighted by Crippen LogP contribution is -2.30. The topological polar surface area (TPSA) is 51.2 Å². The quantitative estimate of drug-likeness (QED) is 0.550. The average molecular weight is 427 g/mol. The zero-order valence-electron chi connectivity index (χ0n) is 19.1. The van der Waals surface area contributed by atoms with Crippen molar-refractivity contribution in [2.75, 3.05) is 54.6 Å². The molecule has 0 aromatic heterocycles. The number of nitrogens with zero attached hydrogens (tertiary/aromatic N) is 2. The van der Waals surface area contributed by atoms with E-state index in [0.29, 0.717) is 6.42 Å². The van der Waals surface area contributed by atoms with E-state index >= 15 is 0 Å². The summed E-state index contributed by atoms with van der Waals surface area (Å²) in [6, 6.07) is 14.1. The second-order valence-corrected chi connectivity index (χ2v) is 8.11. The molecule has 1 aliphatic rings. The number of ether oxygens (including phenoxy) is 3. The SMILES string of the molecule is COc1ccc(C2CC(=O)N(CCCN(C)CCc3ccc(OC)c(OC)c3)C2)cc1. The van der Waals surface area contributed by atoms with E-state index in [0.717, 1.165) is 56.3 Å². The van der Waals surface area contributed by atoms with Crippen LogP contribution in [0, 0.1) is 0 Å². The lowest BCUT2D eigenvalue weighted by molar-refractivity contribution is -0.127. The molecular formula is C25H34N2O4. The fraction of sp³-hybridized carbons (Fsp3) is 0.480. The molecule has 6 nitrogen and oxygen atoms in total. The highest BCUT2D eigenvalue weighted by Gasteiger charge is 2.30. The van der Waals surface area contributed by atoms with Crippen molar-refractivity contribution in [1.29, 1.82) is 0 Å². The van der Waals surface area contributed by atoms with Crippen LogP contribution in [0.5, 0.6) is 17.2 Å². The van der Waals surface area contributed by atoms with Crippen molar-refractivity contribution in [2.45, 2.75) is 25.2 Å². The molecule has 6 heteroatoms. The Kier molecular flexibility index (Phi) is 8.18. The molecule has 0 saturated carbocycles. The molecule has 1 fully saturated rings.